The van der Waals surface area contributed by atoms with E-state index in [0.29, 0.717) is 23.7 Å². The molecule has 0 amide bonds. The largest absolute Gasteiger partial charge is 0.421 e. The molecule has 0 bridgehead atoms. The molecule has 3 heteroatoms. The second-order valence-corrected chi connectivity index (χ2v) is 5.89. The molecule has 1 radical (unpaired) electrons. The molecular weight excluding hydrogens is 324 g/mol. The first kappa shape index (κ1) is 17.9. The standard InChI is InChI=1S/C23H23O3/c1-2-3-19-23(24-20-13-7-4-8-14-20,25-21-15-9-5-10-16-21)26-22-17-11-6-12-18-22/h4-18H,1-3,19H2. The van der Waals surface area contributed by atoms with Crippen LogP contribution in [0.25, 0.3) is 0 Å². The maximum Gasteiger partial charge on any atom is 0.417 e. The van der Waals surface area contributed by atoms with Crippen LogP contribution >= 0.6 is 0 Å². The van der Waals surface area contributed by atoms with Crippen LogP contribution in [0.4, 0.5) is 0 Å². The third-order valence-electron chi connectivity index (χ3n) is 3.78. The van der Waals surface area contributed by atoms with Gasteiger partial charge in [-0.3, -0.25) is 0 Å². The van der Waals surface area contributed by atoms with Gasteiger partial charge >= 0.3 is 5.97 Å². The fourth-order valence-electron chi connectivity index (χ4n) is 2.56. The lowest BCUT2D eigenvalue weighted by Crippen LogP contribution is -2.48. The van der Waals surface area contributed by atoms with Gasteiger partial charge in [0.25, 0.3) is 0 Å². The Morgan fingerprint density at radius 3 is 1.23 bits per heavy atom. The molecule has 3 aromatic rings. The molecule has 0 saturated carbocycles. The fraction of sp³-hybridized carbons (Fsp3) is 0.174. The van der Waals surface area contributed by atoms with Crippen molar-refractivity contribution < 1.29 is 14.2 Å². The number of unbranched alkanes of at least 4 members (excludes halogenated alkanes) is 1. The summed E-state index contributed by atoms with van der Waals surface area (Å²) in [6.45, 7) is 3.94. The second-order valence-electron chi connectivity index (χ2n) is 5.89. The zero-order chi connectivity index (χ0) is 18.1. The van der Waals surface area contributed by atoms with Gasteiger partial charge in [0.2, 0.25) is 0 Å². The molecule has 0 aromatic heterocycles. The van der Waals surface area contributed by atoms with Crippen molar-refractivity contribution >= 4 is 0 Å². The van der Waals surface area contributed by atoms with Gasteiger partial charge in [0.1, 0.15) is 17.2 Å². The Labute approximate surface area is 155 Å². The number of para-hydroxylation sites is 3. The summed E-state index contributed by atoms with van der Waals surface area (Å²) in [6, 6.07) is 28.7. The van der Waals surface area contributed by atoms with Crippen molar-refractivity contribution in [3.63, 3.8) is 0 Å². The monoisotopic (exact) mass is 347 g/mol. The third-order valence-corrected chi connectivity index (χ3v) is 3.78. The molecule has 0 heterocycles. The van der Waals surface area contributed by atoms with Gasteiger partial charge in [-0.1, -0.05) is 67.9 Å². The van der Waals surface area contributed by atoms with E-state index in [2.05, 4.69) is 6.92 Å². The van der Waals surface area contributed by atoms with Crippen LogP contribution < -0.4 is 14.2 Å². The molecular formula is C23H23O3. The molecule has 0 aliphatic carbocycles. The topological polar surface area (TPSA) is 27.7 Å². The summed E-state index contributed by atoms with van der Waals surface area (Å²) >= 11 is 0. The Morgan fingerprint density at radius 2 is 0.923 bits per heavy atom. The fourth-order valence-corrected chi connectivity index (χ4v) is 2.56. The lowest BCUT2D eigenvalue weighted by atomic mass is 10.2. The van der Waals surface area contributed by atoms with Gasteiger partial charge in [-0.25, -0.2) is 0 Å². The summed E-state index contributed by atoms with van der Waals surface area (Å²) < 4.78 is 18.7. The van der Waals surface area contributed by atoms with Crippen molar-refractivity contribution in [1.82, 2.24) is 0 Å². The molecule has 133 valence electrons. The zero-order valence-electron chi connectivity index (χ0n) is 14.7. The first-order valence-electron chi connectivity index (χ1n) is 8.81. The maximum atomic E-state index is 6.24. The highest BCUT2D eigenvalue weighted by Gasteiger charge is 2.38. The SMILES string of the molecule is [CH2]CCCC(Oc1ccccc1)(Oc1ccccc1)Oc1ccccc1. The molecule has 3 rings (SSSR count). The van der Waals surface area contributed by atoms with Crippen LogP contribution in [-0.4, -0.2) is 5.97 Å². The lowest BCUT2D eigenvalue weighted by Gasteiger charge is -2.34. The normalized spacial score (nSPS) is 11.0. The van der Waals surface area contributed by atoms with Crippen molar-refractivity contribution in [2.75, 3.05) is 0 Å². The lowest BCUT2D eigenvalue weighted by molar-refractivity contribution is -0.257. The minimum absolute atomic E-state index is 0.537. The Bertz CT molecular complexity index is 656. The quantitative estimate of drug-likeness (QED) is 0.452. The molecule has 3 aromatic carbocycles. The van der Waals surface area contributed by atoms with Gasteiger partial charge in [0.05, 0.1) is 6.42 Å². The summed E-state index contributed by atoms with van der Waals surface area (Å²) in [6.07, 6.45) is 2.10. The Morgan fingerprint density at radius 1 is 0.577 bits per heavy atom. The van der Waals surface area contributed by atoms with Crippen molar-refractivity contribution in [1.29, 1.82) is 0 Å². The molecule has 3 nitrogen and oxygen atoms in total. The van der Waals surface area contributed by atoms with Gasteiger partial charge in [0, 0.05) is 0 Å². The number of hydrogen-bond donors (Lipinski definition) is 0. The van der Waals surface area contributed by atoms with Crippen LogP contribution in [0.15, 0.2) is 91.0 Å². The van der Waals surface area contributed by atoms with E-state index in [-0.39, 0.29) is 0 Å². The van der Waals surface area contributed by atoms with E-state index >= 15 is 0 Å². The Balaban J connectivity index is 1.94. The van der Waals surface area contributed by atoms with E-state index in [1.54, 1.807) is 0 Å². The predicted molar refractivity (Wildman–Crippen MR) is 103 cm³/mol. The van der Waals surface area contributed by atoms with Crippen LogP contribution in [0.3, 0.4) is 0 Å². The molecule has 0 unspecified atom stereocenters. The minimum atomic E-state index is -1.28. The Kier molecular flexibility index (Phi) is 6.15. The number of hydrogen-bond acceptors (Lipinski definition) is 3. The van der Waals surface area contributed by atoms with Crippen molar-refractivity contribution in [3.05, 3.63) is 97.9 Å². The van der Waals surface area contributed by atoms with Gasteiger partial charge in [-0.05, 0) is 42.8 Å². The predicted octanol–water partition coefficient (Wildman–Crippen LogP) is 5.88. The molecule has 0 spiro atoms. The zero-order valence-corrected chi connectivity index (χ0v) is 14.7. The van der Waals surface area contributed by atoms with E-state index in [1.807, 2.05) is 91.0 Å². The van der Waals surface area contributed by atoms with Crippen LogP contribution in [0, 0.1) is 6.92 Å². The van der Waals surface area contributed by atoms with Gasteiger partial charge in [0.15, 0.2) is 0 Å². The highest BCUT2D eigenvalue weighted by atomic mass is 16.9. The van der Waals surface area contributed by atoms with Crippen LogP contribution in [-0.2, 0) is 0 Å². The molecule has 0 aliphatic rings. The average molecular weight is 347 g/mol. The highest BCUT2D eigenvalue weighted by molar-refractivity contribution is 5.26. The van der Waals surface area contributed by atoms with E-state index in [0.717, 1.165) is 12.8 Å². The summed E-state index contributed by atoms with van der Waals surface area (Å²) in [5, 5.41) is 0. The Hall–Kier alpha value is -2.94. The summed E-state index contributed by atoms with van der Waals surface area (Å²) in [4.78, 5) is 0. The summed E-state index contributed by atoms with van der Waals surface area (Å²) in [7, 11) is 0. The van der Waals surface area contributed by atoms with E-state index in [9.17, 15) is 0 Å². The molecule has 0 saturated heterocycles. The molecule has 26 heavy (non-hydrogen) atoms. The van der Waals surface area contributed by atoms with Crippen LogP contribution in [0.2, 0.25) is 0 Å². The van der Waals surface area contributed by atoms with Gasteiger partial charge in [-0.2, -0.15) is 0 Å². The average Bonchev–Trinajstić information content (AvgIpc) is 2.69. The number of rotatable bonds is 9. The number of ether oxygens (including phenoxy) is 3. The molecule has 0 atom stereocenters. The first-order chi connectivity index (χ1) is 12.8. The van der Waals surface area contributed by atoms with Gasteiger partial charge in [-0.15, -0.1) is 0 Å². The number of benzene rings is 3. The second kappa shape index (κ2) is 8.95. The first-order valence-corrected chi connectivity index (χ1v) is 8.81. The van der Waals surface area contributed by atoms with E-state index < -0.39 is 5.97 Å². The molecule has 0 aliphatic heterocycles. The smallest absolute Gasteiger partial charge is 0.417 e. The minimum Gasteiger partial charge on any atom is -0.421 e. The van der Waals surface area contributed by atoms with E-state index in [1.165, 1.54) is 0 Å². The van der Waals surface area contributed by atoms with Crippen molar-refractivity contribution in [3.8, 4) is 17.2 Å². The van der Waals surface area contributed by atoms with Crippen LogP contribution in [0.5, 0.6) is 17.2 Å². The highest BCUT2D eigenvalue weighted by Crippen LogP contribution is 2.30. The summed E-state index contributed by atoms with van der Waals surface area (Å²) in [5.41, 5.74) is 0. The van der Waals surface area contributed by atoms with Crippen molar-refractivity contribution in [2.24, 2.45) is 0 Å². The third kappa shape index (κ3) is 5.03. The van der Waals surface area contributed by atoms with Crippen LogP contribution in [0.1, 0.15) is 19.3 Å². The van der Waals surface area contributed by atoms with Crippen molar-refractivity contribution in [2.45, 2.75) is 25.2 Å². The molecule has 0 N–H and O–H groups in total. The molecule has 0 fully saturated rings. The van der Waals surface area contributed by atoms with E-state index in [4.69, 9.17) is 14.2 Å². The maximum absolute atomic E-state index is 6.24. The summed E-state index contributed by atoms with van der Waals surface area (Å²) in [5.74, 6) is 0.775. The van der Waals surface area contributed by atoms with Gasteiger partial charge < -0.3 is 14.2 Å².